The first kappa shape index (κ1) is 15.7. The van der Waals surface area contributed by atoms with Crippen LogP contribution < -0.4 is 0 Å². The standard InChI is InChI=1S/C10H16O7/c1-5(2)10(16)17-7(4-12)9(15)8(14)6(13)3-11/h4,6-9,11,13-15H,1,3H2,2H3/t6-,7-,8+,9+/m1/s1. The van der Waals surface area contributed by atoms with E-state index in [1.807, 2.05) is 0 Å². The summed E-state index contributed by atoms with van der Waals surface area (Å²) in [5, 5.41) is 36.4. The third kappa shape index (κ3) is 4.61. The Morgan fingerprint density at radius 3 is 2.24 bits per heavy atom. The van der Waals surface area contributed by atoms with Crippen LogP contribution in [0.1, 0.15) is 6.92 Å². The normalized spacial score (nSPS) is 17.7. The number of esters is 1. The zero-order valence-corrected chi connectivity index (χ0v) is 9.31. The minimum absolute atomic E-state index is 0.0150. The third-order valence-electron chi connectivity index (χ3n) is 1.99. The van der Waals surface area contributed by atoms with Crippen LogP contribution in [0.4, 0.5) is 0 Å². The van der Waals surface area contributed by atoms with E-state index in [9.17, 15) is 19.8 Å². The zero-order valence-electron chi connectivity index (χ0n) is 9.31. The summed E-state index contributed by atoms with van der Waals surface area (Å²) >= 11 is 0. The second kappa shape index (κ2) is 7.13. The van der Waals surface area contributed by atoms with Gasteiger partial charge in [0, 0.05) is 5.57 Å². The Balaban J connectivity index is 4.60. The summed E-state index contributed by atoms with van der Waals surface area (Å²) < 4.78 is 4.53. The molecule has 0 saturated heterocycles. The SMILES string of the molecule is C=C(C)C(=O)O[C@H](C=O)[C@H](O)[C@@H](O)[C@H](O)CO. The Bertz CT molecular complexity index is 288. The van der Waals surface area contributed by atoms with E-state index in [2.05, 4.69) is 11.3 Å². The van der Waals surface area contributed by atoms with Crippen LogP contribution in [0, 0.1) is 0 Å². The van der Waals surface area contributed by atoms with Crippen molar-refractivity contribution in [2.75, 3.05) is 6.61 Å². The molecule has 0 fully saturated rings. The summed E-state index contributed by atoms with van der Waals surface area (Å²) in [6.45, 7) is 3.81. The molecule has 0 aliphatic heterocycles. The maximum atomic E-state index is 11.1. The molecule has 7 heteroatoms. The van der Waals surface area contributed by atoms with E-state index >= 15 is 0 Å². The lowest BCUT2D eigenvalue weighted by Crippen LogP contribution is -2.48. The van der Waals surface area contributed by atoms with E-state index in [0.29, 0.717) is 0 Å². The number of carbonyl (C=O) groups is 2. The number of aliphatic hydroxyl groups is 4. The number of ether oxygens (including phenoxy) is 1. The lowest BCUT2D eigenvalue weighted by molar-refractivity contribution is -0.164. The van der Waals surface area contributed by atoms with Gasteiger partial charge in [-0.3, -0.25) is 4.79 Å². The second-order valence-electron chi connectivity index (χ2n) is 3.52. The molecule has 0 rings (SSSR count). The fourth-order valence-electron chi connectivity index (χ4n) is 0.932. The van der Waals surface area contributed by atoms with Gasteiger partial charge >= 0.3 is 5.97 Å². The monoisotopic (exact) mass is 248 g/mol. The maximum Gasteiger partial charge on any atom is 0.333 e. The number of rotatable bonds is 7. The van der Waals surface area contributed by atoms with Gasteiger partial charge in [0.2, 0.25) is 0 Å². The summed E-state index contributed by atoms with van der Waals surface area (Å²) in [5.74, 6) is -0.910. The van der Waals surface area contributed by atoms with Crippen LogP contribution >= 0.6 is 0 Å². The Morgan fingerprint density at radius 1 is 1.35 bits per heavy atom. The first-order valence-corrected chi connectivity index (χ1v) is 4.82. The summed E-state index contributed by atoms with van der Waals surface area (Å²) in [5.41, 5.74) is 0.0150. The van der Waals surface area contributed by atoms with Gasteiger partial charge in [-0.1, -0.05) is 6.58 Å². The van der Waals surface area contributed by atoms with Gasteiger partial charge in [-0.05, 0) is 6.92 Å². The first-order chi connectivity index (χ1) is 7.84. The predicted octanol–water partition coefficient (Wildman–Crippen LogP) is -2.25. The molecule has 0 radical (unpaired) electrons. The molecule has 4 atom stereocenters. The molecule has 4 N–H and O–H groups in total. The molecular formula is C10H16O7. The summed E-state index contributed by atoms with van der Waals surface area (Å²) in [7, 11) is 0. The molecule has 98 valence electrons. The number of aliphatic hydroxyl groups excluding tert-OH is 4. The van der Waals surface area contributed by atoms with Gasteiger partial charge < -0.3 is 25.2 Å². The predicted molar refractivity (Wildman–Crippen MR) is 55.9 cm³/mol. The molecule has 7 nitrogen and oxygen atoms in total. The number of aldehydes is 1. The van der Waals surface area contributed by atoms with E-state index in [4.69, 9.17) is 10.2 Å². The zero-order chi connectivity index (χ0) is 13.6. The van der Waals surface area contributed by atoms with Gasteiger partial charge in [-0.2, -0.15) is 0 Å². The second-order valence-corrected chi connectivity index (χ2v) is 3.52. The van der Waals surface area contributed by atoms with Crippen LogP contribution in [0.3, 0.4) is 0 Å². The lowest BCUT2D eigenvalue weighted by atomic mass is 10.0. The molecule has 0 saturated carbocycles. The summed E-state index contributed by atoms with van der Waals surface area (Å²) in [6.07, 6.45) is -6.82. The molecule has 0 aliphatic rings. The van der Waals surface area contributed by atoms with Crippen molar-refractivity contribution in [3.63, 3.8) is 0 Å². The van der Waals surface area contributed by atoms with Crippen molar-refractivity contribution in [1.29, 1.82) is 0 Å². The molecule has 0 heterocycles. The van der Waals surface area contributed by atoms with Crippen LogP contribution in [-0.4, -0.2) is 63.7 Å². The average molecular weight is 248 g/mol. The highest BCUT2D eigenvalue weighted by Crippen LogP contribution is 2.08. The highest BCUT2D eigenvalue weighted by atomic mass is 16.6. The molecule has 17 heavy (non-hydrogen) atoms. The number of hydrogen-bond acceptors (Lipinski definition) is 7. The highest BCUT2D eigenvalue weighted by Gasteiger charge is 2.33. The Morgan fingerprint density at radius 2 is 1.88 bits per heavy atom. The Kier molecular flexibility index (Phi) is 6.59. The summed E-state index contributed by atoms with van der Waals surface area (Å²) in [4.78, 5) is 21.7. The van der Waals surface area contributed by atoms with E-state index in [1.165, 1.54) is 6.92 Å². The average Bonchev–Trinajstić information content (AvgIpc) is 2.32. The van der Waals surface area contributed by atoms with Crippen molar-refractivity contribution in [2.24, 2.45) is 0 Å². The number of carbonyl (C=O) groups excluding carboxylic acids is 2. The molecule has 0 aliphatic carbocycles. The minimum Gasteiger partial charge on any atom is -0.448 e. The van der Waals surface area contributed by atoms with Crippen LogP contribution in [0.25, 0.3) is 0 Å². The molecule has 0 bridgehead atoms. The maximum absolute atomic E-state index is 11.1. The van der Waals surface area contributed by atoms with Gasteiger partial charge in [0.1, 0.15) is 18.3 Å². The molecule has 0 amide bonds. The van der Waals surface area contributed by atoms with Crippen molar-refractivity contribution in [3.8, 4) is 0 Å². The van der Waals surface area contributed by atoms with Crippen LogP contribution in [0.2, 0.25) is 0 Å². The third-order valence-corrected chi connectivity index (χ3v) is 1.99. The van der Waals surface area contributed by atoms with Gasteiger partial charge in [0.15, 0.2) is 12.4 Å². The lowest BCUT2D eigenvalue weighted by Gasteiger charge is -2.25. The molecule has 0 unspecified atom stereocenters. The molecular weight excluding hydrogens is 232 g/mol. The van der Waals surface area contributed by atoms with Gasteiger partial charge in [-0.25, -0.2) is 4.79 Å². The van der Waals surface area contributed by atoms with Gasteiger partial charge in [-0.15, -0.1) is 0 Å². The van der Waals surface area contributed by atoms with E-state index in [-0.39, 0.29) is 11.9 Å². The van der Waals surface area contributed by atoms with Crippen LogP contribution in [0.5, 0.6) is 0 Å². The largest absolute Gasteiger partial charge is 0.448 e. The van der Waals surface area contributed by atoms with Crippen LogP contribution in [0.15, 0.2) is 12.2 Å². The van der Waals surface area contributed by atoms with E-state index < -0.39 is 37.0 Å². The minimum atomic E-state index is -1.84. The fourth-order valence-corrected chi connectivity index (χ4v) is 0.932. The summed E-state index contributed by atoms with van der Waals surface area (Å²) in [6, 6.07) is 0. The van der Waals surface area contributed by atoms with Crippen LogP contribution in [-0.2, 0) is 14.3 Å². The Hall–Kier alpha value is -1.28. The smallest absolute Gasteiger partial charge is 0.333 e. The topological polar surface area (TPSA) is 124 Å². The van der Waals surface area contributed by atoms with Crippen molar-refractivity contribution < 1.29 is 34.8 Å². The molecule has 0 aromatic heterocycles. The number of hydrogen-bond donors (Lipinski definition) is 4. The van der Waals surface area contributed by atoms with E-state index in [0.717, 1.165) is 0 Å². The molecule has 0 aromatic rings. The molecule has 0 aromatic carbocycles. The first-order valence-electron chi connectivity index (χ1n) is 4.82. The van der Waals surface area contributed by atoms with Crippen molar-refractivity contribution in [2.45, 2.75) is 31.3 Å². The highest BCUT2D eigenvalue weighted by molar-refractivity contribution is 5.88. The molecule has 0 spiro atoms. The van der Waals surface area contributed by atoms with Crippen molar-refractivity contribution in [3.05, 3.63) is 12.2 Å². The van der Waals surface area contributed by atoms with Crippen molar-refractivity contribution >= 4 is 12.3 Å². The van der Waals surface area contributed by atoms with Crippen molar-refractivity contribution in [1.82, 2.24) is 0 Å². The fraction of sp³-hybridized carbons (Fsp3) is 0.600. The quantitative estimate of drug-likeness (QED) is 0.228. The Labute approximate surface area is 97.9 Å². The van der Waals surface area contributed by atoms with E-state index in [1.54, 1.807) is 0 Å². The van der Waals surface area contributed by atoms with Gasteiger partial charge in [0.05, 0.1) is 6.61 Å². The van der Waals surface area contributed by atoms with Gasteiger partial charge in [0.25, 0.3) is 0 Å².